The van der Waals surface area contributed by atoms with Crippen LogP contribution >= 0.6 is 11.6 Å². The molecule has 8 nitrogen and oxygen atoms in total. The number of carbonyl (C=O) groups is 4. The van der Waals surface area contributed by atoms with Crippen molar-refractivity contribution >= 4 is 40.8 Å². The SMILES string of the molecule is NC(=O)c1ccc2c(c1)N([C@H](C(=O)N1C[C@H](Cl)[C@H]3OCC(=O)[C@H]31)C1CCCC1)C(=O)C2. The number of amides is 3. The molecular weight excluding hydrogens is 422 g/mol. The summed E-state index contributed by atoms with van der Waals surface area (Å²) < 4.78 is 5.52. The molecule has 0 bridgehead atoms. The number of hydrogen-bond acceptors (Lipinski definition) is 5. The number of likely N-dealkylation sites (tertiary alicyclic amines) is 1. The van der Waals surface area contributed by atoms with E-state index < -0.39 is 29.5 Å². The van der Waals surface area contributed by atoms with Gasteiger partial charge in [0.05, 0.1) is 11.8 Å². The fourth-order valence-corrected chi connectivity index (χ4v) is 5.93. The first-order valence-corrected chi connectivity index (χ1v) is 11.1. The van der Waals surface area contributed by atoms with Crippen LogP contribution < -0.4 is 10.6 Å². The second kappa shape index (κ2) is 7.60. The Labute approximate surface area is 184 Å². The molecule has 4 atom stereocenters. The highest BCUT2D eigenvalue weighted by Gasteiger charge is 2.54. The van der Waals surface area contributed by atoms with Gasteiger partial charge >= 0.3 is 0 Å². The summed E-state index contributed by atoms with van der Waals surface area (Å²) in [5.41, 5.74) is 7.06. The van der Waals surface area contributed by atoms with E-state index in [2.05, 4.69) is 0 Å². The van der Waals surface area contributed by atoms with Crippen LogP contribution in [0.5, 0.6) is 0 Å². The fraction of sp³-hybridized carbons (Fsp3) is 0.545. The maximum atomic E-state index is 13.9. The number of rotatable bonds is 4. The summed E-state index contributed by atoms with van der Waals surface area (Å²) >= 11 is 6.40. The number of benzene rings is 1. The predicted octanol–water partition coefficient (Wildman–Crippen LogP) is 1.02. The number of hydrogen-bond donors (Lipinski definition) is 1. The summed E-state index contributed by atoms with van der Waals surface area (Å²) in [6.07, 6.45) is 3.26. The number of ether oxygens (including phenoxy) is 1. The van der Waals surface area contributed by atoms with Crippen LogP contribution in [-0.4, -0.2) is 65.1 Å². The Morgan fingerprint density at radius 3 is 2.65 bits per heavy atom. The molecule has 0 spiro atoms. The van der Waals surface area contributed by atoms with Crippen LogP contribution in [0.15, 0.2) is 18.2 Å². The Balaban J connectivity index is 1.54. The summed E-state index contributed by atoms with van der Waals surface area (Å²) in [6, 6.07) is 3.47. The van der Waals surface area contributed by atoms with Crippen molar-refractivity contribution in [1.82, 2.24) is 4.90 Å². The van der Waals surface area contributed by atoms with Gasteiger partial charge in [0.2, 0.25) is 17.7 Å². The molecule has 0 radical (unpaired) electrons. The number of primary amides is 1. The maximum Gasteiger partial charge on any atom is 0.248 e. The normalized spacial score (nSPS) is 28.9. The molecule has 3 aliphatic heterocycles. The molecule has 1 aliphatic carbocycles. The van der Waals surface area contributed by atoms with Crippen molar-refractivity contribution in [3.8, 4) is 0 Å². The van der Waals surface area contributed by atoms with Gasteiger partial charge in [0.1, 0.15) is 24.8 Å². The van der Waals surface area contributed by atoms with Gasteiger partial charge < -0.3 is 15.4 Å². The number of alkyl halides is 1. The minimum Gasteiger partial charge on any atom is -0.366 e. The monoisotopic (exact) mass is 445 g/mol. The molecule has 31 heavy (non-hydrogen) atoms. The number of fused-ring (bicyclic) bond motifs is 2. The predicted molar refractivity (Wildman–Crippen MR) is 112 cm³/mol. The Hall–Kier alpha value is -2.45. The lowest BCUT2D eigenvalue weighted by Gasteiger charge is -2.36. The van der Waals surface area contributed by atoms with Gasteiger partial charge in [-0.25, -0.2) is 0 Å². The number of nitrogens with two attached hydrogens (primary N) is 1. The zero-order chi connectivity index (χ0) is 21.9. The number of halogens is 1. The van der Waals surface area contributed by atoms with Crippen molar-refractivity contribution in [2.45, 2.75) is 55.7 Å². The topological polar surface area (TPSA) is 110 Å². The van der Waals surface area contributed by atoms with E-state index in [-0.39, 0.29) is 48.7 Å². The molecule has 1 aromatic rings. The standard InChI is InChI=1S/C22H24ClN3O5/c23-14-9-25(19-16(27)10-31-20(14)19)22(30)18(11-3-1-2-4-11)26-15-7-13(21(24)29)6-5-12(15)8-17(26)28/h5-7,11,14,18-20H,1-4,8-10H2,(H2,24,29)/t14-,18-,19+,20+/m0/s1. The van der Waals surface area contributed by atoms with Crippen molar-refractivity contribution in [3.63, 3.8) is 0 Å². The van der Waals surface area contributed by atoms with Crippen LogP contribution in [0.3, 0.4) is 0 Å². The molecule has 3 heterocycles. The van der Waals surface area contributed by atoms with Gasteiger partial charge in [0.25, 0.3) is 0 Å². The number of ketones is 1. The van der Waals surface area contributed by atoms with Crippen molar-refractivity contribution < 1.29 is 23.9 Å². The summed E-state index contributed by atoms with van der Waals surface area (Å²) in [5, 5.41) is -0.465. The average Bonchev–Trinajstić information content (AvgIpc) is 3.50. The number of Topliss-reactive ketones (excluding diaryl/α,β-unsaturated/α-hetero) is 1. The quantitative estimate of drug-likeness (QED) is 0.696. The largest absolute Gasteiger partial charge is 0.366 e. The molecule has 164 valence electrons. The molecule has 1 aromatic carbocycles. The van der Waals surface area contributed by atoms with Gasteiger partial charge in [-0.05, 0) is 36.5 Å². The van der Waals surface area contributed by atoms with E-state index in [0.717, 1.165) is 31.2 Å². The van der Waals surface area contributed by atoms with Crippen LogP contribution in [0, 0.1) is 5.92 Å². The Bertz CT molecular complexity index is 976. The highest BCUT2D eigenvalue weighted by Crippen LogP contribution is 2.40. The third-order valence-electron chi connectivity index (χ3n) is 7.02. The zero-order valence-electron chi connectivity index (χ0n) is 17.0. The fourth-order valence-electron chi connectivity index (χ4n) is 5.57. The highest BCUT2D eigenvalue weighted by atomic mass is 35.5. The molecule has 0 unspecified atom stereocenters. The first kappa shape index (κ1) is 20.5. The lowest BCUT2D eigenvalue weighted by molar-refractivity contribution is -0.139. The van der Waals surface area contributed by atoms with Gasteiger partial charge in [-0.1, -0.05) is 18.9 Å². The average molecular weight is 446 g/mol. The summed E-state index contributed by atoms with van der Waals surface area (Å²) in [4.78, 5) is 54.3. The number of carbonyl (C=O) groups excluding carboxylic acids is 4. The first-order chi connectivity index (χ1) is 14.9. The Morgan fingerprint density at radius 2 is 1.94 bits per heavy atom. The van der Waals surface area contributed by atoms with E-state index in [1.54, 1.807) is 18.2 Å². The second-order valence-electron chi connectivity index (χ2n) is 8.83. The molecule has 4 aliphatic rings. The molecule has 9 heteroatoms. The molecule has 2 saturated heterocycles. The molecular formula is C22H24ClN3O5. The van der Waals surface area contributed by atoms with Crippen molar-refractivity contribution in [2.24, 2.45) is 11.7 Å². The molecule has 3 amide bonds. The van der Waals surface area contributed by atoms with Crippen LogP contribution in [0.25, 0.3) is 0 Å². The van der Waals surface area contributed by atoms with E-state index in [9.17, 15) is 19.2 Å². The number of nitrogens with zero attached hydrogens (tertiary/aromatic N) is 2. The van der Waals surface area contributed by atoms with Crippen molar-refractivity contribution in [1.29, 1.82) is 0 Å². The van der Waals surface area contributed by atoms with Crippen molar-refractivity contribution in [2.75, 3.05) is 18.1 Å². The summed E-state index contributed by atoms with van der Waals surface area (Å²) in [5.74, 6) is -1.23. The second-order valence-corrected chi connectivity index (χ2v) is 9.39. The smallest absolute Gasteiger partial charge is 0.248 e. The van der Waals surface area contributed by atoms with Gasteiger partial charge in [0.15, 0.2) is 5.78 Å². The third-order valence-corrected chi connectivity index (χ3v) is 7.41. The Morgan fingerprint density at radius 1 is 1.19 bits per heavy atom. The van der Waals surface area contributed by atoms with E-state index in [1.165, 1.54) is 9.80 Å². The number of anilines is 1. The molecule has 2 N–H and O–H groups in total. The Kier molecular flexibility index (Phi) is 5.01. The zero-order valence-corrected chi connectivity index (χ0v) is 17.7. The molecule has 3 fully saturated rings. The third kappa shape index (κ3) is 3.24. The van der Waals surface area contributed by atoms with Gasteiger partial charge in [-0.2, -0.15) is 0 Å². The lowest BCUT2D eigenvalue weighted by Crippen LogP contribution is -2.56. The summed E-state index contributed by atoms with van der Waals surface area (Å²) in [6.45, 7) is 0.158. The van der Waals surface area contributed by atoms with E-state index >= 15 is 0 Å². The van der Waals surface area contributed by atoms with Gasteiger partial charge in [0, 0.05) is 17.8 Å². The molecule has 5 rings (SSSR count). The van der Waals surface area contributed by atoms with E-state index in [1.807, 2.05) is 0 Å². The first-order valence-electron chi connectivity index (χ1n) is 10.7. The van der Waals surface area contributed by atoms with Crippen LogP contribution in [0.2, 0.25) is 0 Å². The van der Waals surface area contributed by atoms with Gasteiger partial charge in [-0.3, -0.25) is 24.1 Å². The van der Waals surface area contributed by atoms with E-state index in [0.29, 0.717) is 5.69 Å². The van der Waals surface area contributed by atoms with Crippen LogP contribution in [0.4, 0.5) is 5.69 Å². The molecule has 1 saturated carbocycles. The maximum absolute atomic E-state index is 13.9. The molecule has 0 aromatic heterocycles. The lowest BCUT2D eigenvalue weighted by atomic mass is 9.94. The van der Waals surface area contributed by atoms with Crippen molar-refractivity contribution in [3.05, 3.63) is 29.3 Å². The summed E-state index contributed by atoms with van der Waals surface area (Å²) in [7, 11) is 0. The minimum atomic E-state index is -0.740. The van der Waals surface area contributed by atoms with Gasteiger partial charge in [-0.15, -0.1) is 11.6 Å². The van der Waals surface area contributed by atoms with Crippen LogP contribution in [0.1, 0.15) is 41.6 Å². The highest BCUT2D eigenvalue weighted by molar-refractivity contribution is 6.22. The minimum absolute atomic E-state index is 0.0233. The van der Waals surface area contributed by atoms with Crippen LogP contribution in [-0.2, 0) is 25.5 Å². The van der Waals surface area contributed by atoms with E-state index in [4.69, 9.17) is 22.1 Å².